The van der Waals surface area contributed by atoms with Gasteiger partial charge in [0, 0.05) is 67.9 Å². The number of likely N-dealkylation sites (N-methyl/N-ethyl adjacent to an activating group) is 1. The Morgan fingerprint density at radius 3 is 1.81 bits per heavy atom. The number of ether oxygens (including phenoxy) is 2. The highest BCUT2D eigenvalue weighted by Crippen LogP contribution is 2.42. The molecule has 0 amide bonds. The maximum atomic E-state index is 14.3. The van der Waals surface area contributed by atoms with Gasteiger partial charge in [-0.15, -0.1) is 0 Å². The lowest BCUT2D eigenvalue weighted by Crippen LogP contribution is -2.44. The number of piperidine rings is 2. The molecule has 2 fully saturated rings. The summed E-state index contributed by atoms with van der Waals surface area (Å²) in [6, 6.07) is 20.1. The van der Waals surface area contributed by atoms with Crippen molar-refractivity contribution in [3.8, 4) is 0 Å². The molecule has 340 valence electrons. The number of nitrogens with zero attached hydrogens (tertiary/aromatic N) is 4. The van der Waals surface area contributed by atoms with Crippen LogP contribution in [0.1, 0.15) is 72.6 Å². The van der Waals surface area contributed by atoms with Crippen molar-refractivity contribution in [2.45, 2.75) is 62.1 Å². The molecule has 0 aliphatic carbocycles. The van der Waals surface area contributed by atoms with Gasteiger partial charge in [-0.2, -0.15) is 5.10 Å². The largest absolute Gasteiger partial charge is 0.384 e. The minimum atomic E-state index is -2.79. The zero-order valence-corrected chi connectivity index (χ0v) is 38.2. The quantitative estimate of drug-likeness (QED) is 0.0671. The maximum absolute atomic E-state index is 14.3. The third-order valence-corrected chi connectivity index (χ3v) is 13.0. The fourth-order valence-corrected chi connectivity index (χ4v) is 9.25. The summed E-state index contributed by atoms with van der Waals surface area (Å²) < 4.78 is 68.3. The molecular weight excluding hydrogens is 853 g/mol. The molecule has 1 aromatic heterocycles. The van der Waals surface area contributed by atoms with Crippen molar-refractivity contribution in [2.24, 2.45) is 0 Å². The predicted molar refractivity (Wildman–Crippen MR) is 246 cm³/mol. The summed E-state index contributed by atoms with van der Waals surface area (Å²) >= 11 is 12.6. The zero-order chi connectivity index (χ0) is 45.3. The van der Waals surface area contributed by atoms with Crippen molar-refractivity contribution in [1.82, 2.24) is 24.9 Å². The summed E-state index contributed by atoms with van der Waals surface area (Å²) in [5, 5.41) is 20.0. The third kappa shape index (κ3) is 12.0. The van der Waals surface area contributed by atoms with Crippen molar-refractivity contribution in [3.05, 3.63) is 128 Å². The topological polar surface area (TPSA) is 92.7 Å². The van der Waals surface area contributed by atoms with Gasteiger partial charge in [0.2, 0.25) is 0 Å². The molecule has 5 aromatic rings. The number of nitrogens with one attached hydrogen (secondary N) is 3. The Kier molecular flexibility index (Phi) is 16.7. The van der Waals surface area contributed by atoms with Crippen LogP contribution in [0.5, 0.6) is 0 Å². The van der Waals surface area contributed by atoms with E-state index in [0.717, 1.165) is 72.8 Å². The van der Waals surface area contributed by atoms with Crippen LogP contribution in [-0.2, 0) is 20.3 Å². The van der Waals surface area contributed by atoms with Crippen LogP contribution in [0.25, 0.3) is 10.9 Å². The number of alkyl halides is 2. The van der Waals surface area contributed by atoms with E-state index in [1.165, 1.54) is 18.2 Å². The highest BCUT2D eigenvalue weighted by atomic mass is 35.5. The van der Waals surface area contributed by atoms with Crippen LogP contribution in [0.15, 0.2) is 79.0 Å². The molecular formula is C48H59Cl2F4N7O2. The molecule has 0 radical (unpaired) electrons. The van der Waals surface area contributed by atoms with E-state index in [-0.39, 0.29) is 40.3 Å². The van der Waals surface area contributed by atoms with Crippen LogP contribution in [0, 0.1) is 17.0 Å². The molecule has 4 aromatic carbocycles. The molecule has 15 heteroatoms. The molecule has 0 spiro atoms. The molecule has 7 rings (SSSR count). The van der Waals surface area contributed by atoms with Gasteiger partial charge in [0.15, 0.2) is 0 Å². The Balaban J connectivity index is 0.000000210. The summed E-state index contributed by atoms with van der Waals surface area (Å²) in [6.07, 6.45) is 1.77. The van der Waals surface area contributed by atoms with Crippen molar-refractivity contribution in [3.63, 3.8) is 0 Å². The second-order valence-corrected chi connectivity index (χ2v) is 18.1. The molecule has 2 atom stereocenters. The second kappa shape index (κ2) is 21.7. The Hall–Kier alpha value is -4.08. The number of H-pyrrole nitrogens is 1. The summed E-state index contributed by atoms with van der Waals surface area (Å²) in [4.78, 5) is 6.64. The van der Waals surface area contributed by atoms with E-state index >= 15 is 0 Å². The molecule has 3 heterocycles. The van der Waals surface area contributed by atoms with Crippen LogP contribution < -0.4 is 5.32 Å². The number of hydrogen-bond donors (Lipinski definition) is 3. The first-order valence-corrected chi connectivity index (χ1v) is 22.2. The molecule has 2 saturated heterocycles. The number of rotatable bonds is 16. The van der Waals surface area contributed by atoms with Crippen LogP contribution in [0.4, 0.5) is 23.2 Å². The second-order valence-electron chi connectivity index (χ2n) is 17.3. The molecule has 0 bridgehead atoms. The van der Waals surface area contributed by atoms with Gasteiger partial charge in [-0.25, -0.2) is 17.6 Å². The van der Waals surface area contributed by atoms with E-state index in [1.807, 2.05) is 52.3 Å². The molecule has 63 heavy (non-hydrogen) atoms. The van der Waals surface area contributed by atoms with Crippen molar-refractivity contribution in [1.29, 1.82) is 5.41 Å². The van der Waals surface area contributed by atoms with Gasteiger partial charge in [-0.1, -0.05) is 47.5 Å². The minimum absolute atomic E-state index is 0.0689. The van der Waals surface area contributed by atoms with E-state index in [4.69, 9.17) is 38.1 Å². The predicted octanol–water partition coefficient (Wildman–Crippen LogP) is 10.5. The third-order valence-electron chi connectivity index (χ3n) is 12.5. The number of hydrogen-bond acceptors (Lipinski definition) is 8. The normalized spacial score (nSPS) is 17.7. The minimum Gasteiger partial charge on any atom is -0.384 e. The van der Waals surface area contributed by atoms with Crippen molar-refractivity contribution < 1.29 is 27.0 Å². The summed E-state index contributed by atoms with van der Waals surface area (Å²) in [6.45, 7) is 7.25. The smallest absolute Gasteiger partial charge is 0.268 e. The average molecular weight is 913 g/mol. The fraction of sp³-hybridized carbons (Fsp3) is 0.458. The van der Waals surface area contributed by atoms with Crippen LogP contribution in [0.2, 0.25) is 10.0 Å². The highest BCUT2D eigenvalue weighted by Gasteiger charge is 2.39. The lowest BCUT2D eigenvalue weighted by Gasteiger charge is -2.42. The highest BCUT2D eigenvalue weighted by molar-refractivity contribution is 6.31. The fourth-order valence-electron chi connectivity index (χ4n) is 8.78. The van der Waals surface area contributed by atoms with Crippen LogP contribution in [-0.4, -0.2) is 118 Å². The van der Waals surface area contributed by atoms with Gasteiger partial charge in [0.1, 0.15) is 17.7 Å². The van der Waals surface area contributed by atoms with E-state index in [0.29, 0.717) is 48.8 Å². The van der Waals surface area contributed by atoms with Gasteiger partial charge in [-0.05, 0) is 147 Å². The van der Waals surface area contributed by atoms with Crippen molar-refractivity contribution in [2.75, 3.05) is 86.0 Å². The molecule has 2 unspecified atom stereocenters. The first-order chi connectivity index (χ1) is 30.2. The molecule has 2 aliphatic heterocycles. The molecule has 2 aliphatic rings. The molecule has 3 N–H and O–H groups in total. The Labute approximate surface area is 378 Å². The number of benzene rings is 4. The van der Waals surface area contributed by atoms with Crippen LogP contribution in [0.3, 0.4) is 0 Å². The molecule has 9 nitrogen and oxygen atoms in total. The Bertz CT molecular complexity index is 2240. The number of anilines is 1. The van der Waals surface area contributed by atoms with E-state index in [2.05, 4.69) is 37.3 Å². The number of fused-ring (bicyclic) bond motifs is 1. The van der Waals surface area contributed by atoms with Gasteiger partial charge < -0.3 is 34.9 Å². The van der Waals surface area contributed by atoms with E-state index < -0.39 is 17.9 Å². The van der Waals surface area contributed by atoms with E-state index in [9.17, 15) is 17.6 Å². The first kappa shape index (κ1) is 48.4. The van der Waals surface area contributed by atoms with E-state index in [1.54, 1.807) is 36.5 Å². The summed E-state index contributed by atoms with van der Waals surface area (Å²) in [5.41, 5.74) is 4.45. The van der Waals surface area contributed by atoms with Gasteiger partial charge in [0.25, 0.3) is 6.43 Å². The lowest BCUT2D eigenvalue weighted by atomic mass is 9.73. The monoisotopic (exact) mass is 911 g/mol. The number of aromatic nitrogens is 2. The SMILES string of the molecule is CCNc1c(C=N)cc(Cl)cc1C(OCC1(c2ccc(F)cc2)CCN(C)CC1)C(F)F.CN(C)CC(OCC1(c2ccc(F)cc2)CCN(C)CC1)c1cc(Cl)cc2cn[nH]c12. The number of aromatic amines is 1. The van der Waals surface area contributed by atoms with Crippen LogP contribution >= 0.6 is 23.2 Å². The van der Waals surface area contributed by atoms with Gasteiger partial charge >= 0.3 is 0 Å². The molecule has 0 saturated carbocycles. The number of halogens is 6. The standard InChI is InChI=1S/C24H29ClF3N3O.C24H30ClFN4O/c1-3-30-21-16(14-29)12-18(25)13-20(21)22(23(27)28)32-15-24(8-10-31(2)11-9-24)17-4-6-19(26)7-5-17;1-29(2)15-22(21-13-19(25)12-17-14-27-28-23(17)21)31-16-24(8-10-30(3)11-9-24)18-4-6-20(26)7-5-18/h4-7,12-14,22-23,29-30H,3,8-11,15H2,1-2H3;4-7,12-14,22H,8-11,15-16H2,1-3H3,(H,27,28). The Morgan fingerprint density at radius 1 is 0.810 bits per heavy atom. The zero-order valence-electron chi connectivity index (χ0n) is 36.7. The van der Waals surface area contributed by atoms with Gasteiger partial charge in [0.05, 0.1) is 31.0 Å². The Morgan fingerprint density at radius 2 is 1.32 bits per heavy atom. The summed E-state index contributed by atoms with van der Waals surface area (Å²) in [7, 11) is 8.24. The first-order valence-electron chi connectivity index (χ1n) is 21.4. The maximum Gasteiger partial charge on any atom is 0.268 e. The van der Waals surface area contributed by atoms with Gasteiger partial charge in [-0.3, -0.25) is 5.10 Å². The summed E-state index contributed by atoms with van der Waals surface area (Å²) in [5.74, 6) is -0.546. The van der Waals surface area contributed by atoms with Crippen molar-refractivity contribution >= 4 is 46.0 Å². The number of likely N-dealkylation sites (tertiary alicyclic amines) is 2. The average Bonchev–Trinajstić information content (AvgIpc) is 3.73. The lowest BCUT2D eigenvalue weighted by molar-refractivity contribution is -0.0798.